The molecule has 0 amide bonds. The van der Waals surface area contributed by atoms with Crippen LogP contribution in [0.15, 0.2) is 6.20 Å². The zero-order valence-corrected chi connectivity index (χ0v) is 13.3. The summed E-state index contributed by atoms with van der Waals surface area (Å²) in [7, 11) is 6.20. The Morgan fingerprint density at radius 3 is 2.60 bits per heavy atom. The highest BCUT2D eigenvalue weighted by atomic mass is 16.5. The molecule has 5 heteroatoms. The third-order valence-corrected chi connectivity index (χ3v) is 4.07. The standard InChI is InChI=1S/C15H28N4O/c1-13-11-16-18(4)15(13)12-19-7-5-14(6-8-19)20-10-9-17(2)3/h11,14H,5-10,12H2,1-4H3. The number of rotatable bonds is 6. The van der Waals surface area contributed by atoms with E-state index >= 15 is 0 Å². The predicted molar refractivity (Wildman–Crippen MR) is 80.8 cm³/mol. The lowest BCUT2D eigenvalue weighted by Crippen LogP contribution is -2.37. The summed E-state index contributed by atoms with van der Waals surface area (Å²) < 4.78 is 7.93. The maximum absolute atomic E-state index is 5.94. The normalized spacial score (nSPS) is 18.1. The number of nitrogens with zero attached hydrogens (tertiary/aromatic N) is 4. The molecule has 1 aliphatic rings. The summed E-state index contributed by atoms with van der Waals surface area (Å²) >= 11 is 0. The van der Waals surface area contributed by atoms with Gasteiger partial charge in [0.05, 0.1) is 24.6 Å². The Morgan fingerprint density at radius 1 is 1.35 bits per heavy atom. The van der Waals surface area contributed by atoms with Gasteiger partial charge in [-0.25, -0.2) is 0 Å². The van der Waals surface area contributed by atoms with E-state index in [1.165, 1.54) is 11.3 Å². The van der Waals surface area contributed by atoms with Gasteiger partial charge in [-0.15, -0.1) is 0 Å². The Bertz CT molecular complexity index is 389. The van der Waals surface area contributed by atoms with E-state index in [1.807, 2.05) is 17.9 Å². The fourth-order valence-corrected chi connectivity index (χ4v) is 2.65. The highest BCUT2D eigenvalue weighted by Gasteiger charge is 2.21. The third kappa shape index (κ3) is 4.30. The van der Waals surface area contributed by atoms with Gasteiger partial charge < -0.3 is 9.64 Å². The highest BCUT2D eigenvalue weighted by Crippen LogP contribution is 2.17. The number of likely N-dealkylation sites (tertiary alicyclic amines) is 1. The second kappa shape index (κ2) is 7.20. The fourth-order valence-electron chi connectivity index (χ4n) is 2.65. The SMILES string of the molecule is Cc1cnn(C)c1CN1CCC(OCCN(C)C)CC1. The molecule has 0 N–H and O–H groups in total. The minimum absolute atomic E-state index is 0.443. The molecule has 0 radical (unpaired) electrons. The average molecular weight is 280 g/mol. The van der Waals surface area contributed by atoms with E-state index in [2.05, 4.69) is 35.9 Å². The van der Waals surface area contributed by atoms with E-state index in [0.717, 1.165) is 45.6 Å². The first kappa shape index (κ1) is 15.5. The number of aromatic nitrogens is 2. The number of hydrogen-bond donors (Lipinski definition) is 0. The van der Waals surface area contributed by atoms with Gasteiger partial charge in [0, 0.05) is 33.2 Å². The van der Waals surface area contributed by atoms with Crippen LogP contribution in [0.5, 0.6) is 0 Å². The number of piperidine rings is 1. The Morgan fingerprint density at radius 2 is 2.05 bits per heavy atom. The summed E-state index contributed by atoms with van der Waals surface area (Å²) in [6.45, 7) is 7.24. The lowest BCUT2D eigenvalue weighted by Gasteiger charge is -2.32. The van der Waals surface area contributed by atoms with Crippen LogP contribution in [0, 0.1) is 6.92 Å². The zero-order valence-electron chi connectivity index (χ0n) is 13.3. The molecule has 0 spiro atoms. The van der Waals surface area contributed by atoms with E-state index < -0.39 is 0 Å². The molecule has 1 saturated heterocycles. The molecule has 0 aromatic carbocycles. The summed E-state index contributed by atoms with van der Waals surface area (Å²) in [5.74, 6) is 0. The summed E-state index contributed by atoms with van der Waals surface area (Å²) in [6.07, 6.45) is 4.68. The number of likely N-dealkylation sites (N-methyl/N-ethyl adjacent to an activating group) is 1. The molecule has 114 valence electrons. The van der Waals surface area contributed by atoms with Crippen LogP contribution >= 0.6 is 0 Å². The minimum Gasteiger partial charge on any atom is -0.377 e. The monoisotopic (exact) mass is 280 g/mol. The molecule has 0 aliphatic carbocycles. The van der Waals surface area contributed by atoms with Gasteiger partial charge in [-0.05, 0) is 39.4 Å². The number of hydrogen-bond acceptors (Lipinski definition) is 4. The van der Waals surface area contributed by atoms with Crippen molar-refractivity contribution < 1.29 is 4.74 Å². The summed E-state index contributed by atoms with van der Waals surface area (Å²) in [4.78, 5) is 4.68. The molecule has 2 heterocycles. The van der Waals surface area contributed by atoms with E-state index in [-0.39, 0.29) is 0 Å². The van der Waals surface area contributed by atoms with Crippen molar-refractivity contribution in [1.82, 2.24) is 19.6 Å². The molecule has 0 atom stereocenters. The Hall–Kier alpha value is -0.910. The van der Waals surface area contributed by atoms with E-state index in [4.69, 9.17) is 4.74 Å². The van der Waals surface area contributed by atoms with E-state index in [1.54, 1.807) is 0 Å². The van der Waals surface area contributed by atoms with Crippen molar-refractivity contribution in [3.8, 4) is 0 Å². The topological polar surface area (TPSA) is 33.5 Å². The molecular formula is C15H28N4O. The van der Waals surface area contributed by atoms with Crippen LogP contribution in [0.2, 0.25) is 0 Å². The predicted octanol–water partition coefficient (Wildman–Crippen LogP) is 1.27. The molecule has 1 fully saturated rings. The molecule has 5 nitrogen and oxygen atoms in total. The Labute approximate surface area is 122 Å². The smallest absolute Gasteiger partial charge is 0.0600 e. The molecule has 0 saturated carbocycles. The first-order valence-electron chi connectivity index (χ1n) is 7.52. The van der Waals surface area contributed by atoms with Crippen LogP contribution in [0.1, 0.15) is 24.1 Å². The average Bonchev–Trinajstić information content (AvgIpc) is 2.72. The fraction of sp³-hybridized carbons (Fsp3) is 0.800. The number of ether oxygens (including phenoxy) is 1. The van der Waals surface area contributed by atoms with Crippen LogP contribution < -0.4 is 0 Å². The van der Waals surface area contributed by atoms with Crippen molar-refractivity contribution in [3.05, 3.63) is 17.5 Å². The van der Waals surface area contributed by atoms with Gasteiger partial charge in [-0.3, -0.25) is 9.58 Å². The van der Waals surface area contributed by atoms with Crippen LogP contribution in [0.25, 0.3) is 0 Å². The second-order valence-electron chi connectivity index (χ2n) is 6.05. The van der Waals surface area contributed by atoms with Crippen molar-refractivity contribution in [2.45, 2.75) is 32.4 Å². The Kier molecular flexibility index (Phi) is 5.57. The molecule has 1 aromatic rings. The quantitative estimate of drug-likeness (QED) is 0.786. The van der Waals surface area contributed by atoms with Gasteiger partial charge >= 0.3 is 0 Å². The molecule has 0 unspecified atom stereocenters. The summed E-state index contributed by atoms with van der Waals surface area (Å²) in [6, 6.07) is 0. The van der Waals surface area contributed by atoms with Crippen molar-refractivity contribution >= 4 is 0 Å². The van der Waals surface area contributed by atoms with Gasteiger partial charge in [0.2, 0.25) is 0 Å². The van der Waals surface area contributed by atoms with Crippen molar-refractivity contribution in [3.63, 3.8) is 0 Å². The maximum atomic E-state index is 5.94. The van der Waals surface area contributed by atoms with Gasteiger partial charge in [0.15, 0.2) is 0 Å². The van der Waals surface area contributed by atoms with E-state index in [0.29, 0.717) is 6.10 Å². The van der Waals surface area contributed by atoms with Crippen molar-refractivity contribution in [2.24, 2.45) is 7.05 Å². The highest BCUT2D eigenvalue weighted by molar-refractivity contribution is 5.15. The van der Waals surface area contributed by atoms with E-state index in [9.17, 15) is 0 Å². The molecule has 1 aliphatic heterocycles. The summed E-state index contributed by atoms with van der Waals surface area (Å²) in [5, 5.41) is 4.31. The molecule has 20 heavy (non-hydrogen) atoms. The van der Waals surface area contributed by atoms with Gasteiger partial charge in [0.25, 0.3) is 0 Å². The molecule has 0 bridgehead atoms. The molecule has 2 rings (SSSR count). The van der Waals surface area contributed by atoms with Gasteiger partial charge in [-0.2, -0.15) is 5.10 Å². The zero-order chi connectivity index (χ0) is 14.5. The Balaban J connectivity index is 1.72. The van der Waals surface area contributed by atoms with Crippen molar-refractivity contribution in [1.29, 1.82) is 0 Å². The minimum atomic E-state index is 0.443. The second-order valence-corrected chi connectivity index (χ2v) is 6.05. The summed E-state index contributed by atoms with van der Waals surface area (Å²) in [5.41, 5.74) is 2.62. The lowest BCUT2D eigenvalue weighted by molar-refractivity contribution is 0.000370. The van der Waals surface area contributed by atoms with Crippen LogP contribution in [-0.2, 0) is 18.3 Å². The number of aryl methyl sites for hydroxylation is 2. The first-order valence-corrected chi connectivity index (χ1v) is 7.52. The van der Waals surface area contributed by atoms with Crippen LogP contribution in [-0.4, -0.2) is 66.0 Å². The van der Waals surface area contributed by atoms with Crippen molar-refractivity contribution in [2.75, 3.05) is 40.3 Å². The largest absolute Gasteiger partial charge is 0.377 e. The maximum Gasteiger partial charge on any atom is 0.0600 e. The molecule has 1 aromatic heterocycles. The first-order chi connectivity index (χ1) is 9.56. The third-order valence-electron chi connectivity index (χ3n) is 4.07. The molecular weight excluding hydrogens is 252 g/mol. The van der Waals surface area contributed by atoms with Crippen LogP contribution in [0.4, 0.5) is 0 Å². The van der Waals surface area contributed by atoms with Crippen LogP contribution in [0.3, 0.4) is 0 Å². The van der Waals surface area contributed by atoms with Gasteiger partial charge in [0.1, 0.15) is 0 Å². The van der Waals surface area contributed by atoms with Gasteiger partial charge in [-0.1, -0.05) is 0 Å². The lowest BCUT2D eigenvalue weighted by atomic mass is 10.1.